The molecule has 3 rings (SSSR count). The topological polar surface area (TPSA) is 55.2 Å². The molecule has 5 nitrogen and oxygen atoms in total. The molecule has 2 heterocycles. The summed E-state index contributed by atoms with van der Waals surface area (Å²) in [5.41, 5.74) is 0.335. The summed E-state index contributed by atoms with van der Waals surface area (Å²) in [6.45, 7) is -1.59. The largest absolute Gasteiger partial charge is 0.331 e. The lowest BCUT2D eigenvalue weighted by Gasteiger charge is -2.22. The number of hydrogen-bond donors (Lipinski definition) is 0. The summed E-state index contributed by atoms with van der Waals surface area (Å²) in [5.74, 6) is -4.59. The Morgan fingerprint density at radius 1 is 1.05 bits per heavy atom. The van der Waals surface area contributed by atoms with Gasteiger partial charge >= 0.3 is 0 Å². The molecule has 1 aromatic heterocycles. The molecule has 0 unspecified atom stereocenters. The number of benzene rings is 1. The summed E-state index contributed by atoms with van der Waals surface area (Å²) >= 11 is 0. The lowest BCUT2D eigenvalue weighted by atomic mass is 10.1. The van der Waals surface area contributed by atoms with Crippen molar-refractivity contribution in [3.05, 3.63) is 54.1 Å². The Morgan fingerprint density at radius 3 is 2.19 bits per heavy atom. The van der Waals surface area contributed by atoms with Crippen LogP contribution in [0.5, 0.6) is 0 Å². The van der Waals surface area contributed by atoms with Crippen molar-refractivity contribution in [1.82, 2.24) is 14.5 Å². The first-order valence-electron chi connectivity index (χ1n) is 6.27. The van der Waals surface area contributed by atoms with Gasteiger partial charge in [0.1, 0.15) is 0 Å². The number of rotatable bonds is 4. The normalized spacial score (nSPS) is 14.7. The second-order valence-electron chi connectivity index (χ2n) is 4.83. The van der Waals surface area contributed by atoms with E-state index in [9.17, 15) is 18.4 Å². The van der Waals surface area contributed by atoms with Gasteiger partial charge in [-0.15, -0.1) is 0 Å². The van der Waals surface area contributed by atoms with Crippen molar-refractivity contribution in [1.29, 1.82) is 0 Å². The molecule has 0 aliphatic carbocycles. The molecule has 1 aliphatic rings. The van der Waals surface area contributed by atoms with Gasteiger partial charge < -0.3 is 4.57 Å². The van der Waals surface area contributed by atoms with E-state index in [0.717, 1.165) is 0 Å². The molecule has 2 amide bonds. The van der Waals surface area contributed by atoms with E-state index >= 15 is 0 Å². The number of nitrogens with zero attached hydrogens (tertiary/aromatic N) is 3. The van der Waals surface area contributed by atoms with Gasteiger partial charge in [0.25, 0.3) is 17.7 Å². The van der Waals surface area contributed by atoms with Crippen LogP contribution in [0.15, 0.2) is 43.0 Å². The molecular weight excluding hydrogens is 280 g/mol. The molecule has 0 atom stereocenters. The highest BCUT2D eigenvalue weighted by molar-refractivity contribution is 6.21. The molecule has 21 heavy (non-hydrogen) atoms. The third kappa shape index (κ3) is 2.42. The highest BCUT2D eigenvalue weighted by Gasteiger charge is 2.42. The summed E-state index contributed by atoms with van der Waals surface area (Å²) in [4.78, 5) is 28.4. The number of alkyl halides is 2. The molecule has 0 saturated heterocycles. The monoisotopic (exact) mass is 291 g/mol. The van der Waals surface area contributed by atoms with Crippen LogP contribution in [0.25, 0.3) is 0 Å². The van der Waals surface area contributed by atoms with Crippen molar-refractivity contribution < 1.29 is 18.4 Å². The Morgan fingerprint density at radius 2 is 1.67 bits per heavy atom. The van der Waals surface area contributed by atoms with Crippen LogP contribution >= 0.6 is 0 Å². The van der Waals surface area contributed by atoms with E-state index in [0.29, 0.717) is 4.90 Å². The van der Waals surface area contributed by atoms with Crippen molar-refractivity contribution in [2.45, 2.75) is 12.5 Å². The first-order chi connectivity index (χ1) is 9.98. The molecule has 7 heteroatoms. The molecule has 0 N–H and O–H groups in total. The number of aromatic nitrogens is 2. The van der Waals surface area contributed by atoms with Crippen LogP contribution in [0.2, 0.25) is 0 Å². The highest BCUT2D eigenvalue weighted by atomic mass is 19.3. The summed E-state index contributed by atoms with van der Waals surface area (Å²) in [5, 5.41) is 0. The Kier molecular flexibility index (Phi) is 3.04. The predicted molar refractivity (Wildman–Crippen MR) is 69.0 cm³/mol. The van der Waals surface area contributed by atoms with E-state index in [-0.39, 0.29) is 11.1 Å². The number of imide groups is 1. The maximum absolute atomic E-state index is 14.0. The second-order valence-corrected chi connectivity index (χ2v) is 4.83. The van der Waals surface area contributed by atoms with Gasteiger partial charge in [0.15, 0.2) is 0 Å². The summed E-state index contributed by atoms with van der Waals surface area (Å²) < 4.78 is 29.2. The predicted octanol–water partition coefficient (Wildman–Crippen LogP) is 1.81. The third-order valence-corrected chi connectivity index (χ3v) is 3.24. The van der Waals surface area contributed by atoms with E-state index in [2.05, 4.69) is 4.98 Å². The number of halogens is 2. The highest BCUT2D eigenvalue weighted by Crippen LogP contribution is 2.26. The minimum absolute atomic E-state index is 0.168. The molecule has 0 fully saturated rings. The van der Waals surface area contributed by atoms with Gasteiger partial charge in [0, 0.05) is 12.4 Å². The maximum atomic E-state index is 14.0. The maximum Gasteiger partial charge on any atom is 0.283 e. The second kappa shape index (κ2) is 4.76. The first kappa shape index (κ1) is 13.4. The fourth-order valence-electron chi connectivity index (χ4n) is 2.31. The van der Waals surface area contributed by atoms with E-state index in [1.54, 1.807) is 12.1 Å². The third-order valence-electron chi connectivity index (χ3n) is 3.24. The van der Waals surface area contributed by atoms with Gasteiger partial charge in [-0.05, 0) is 12.1 Å². The number of carbonyl (C=O) groups is 2. The van der Waals surface area contributed by atoms with Crippen LogP contribution in [0.4, 0.5) is 8.78 Å². The smallest absolute Gasteiger partial charge is 0.283 e. The van der Waals surface area contributed by atoms with E-state index in [1.165, 1.54) is 35.4 Å². The summed E-state index contributed by atoms with van der Waals surface area (Å²) in [6, 6.07) is 6.11. The number of imidazole rings is 1. The van der Waals surface area contributed by atoms with Gasteiger partial charge in [-0.1, -0.05) is 12.1 Å². The first-order valence-corrected chi connectivity index (χ1v) is 6.27. The number of carbonyl (C=O) groups excluding carboxylic acids is 2. The van der Waals surface area contributed by atoms with Crippen molar-refractivity contribution >= 4 is 11.8 Å². The molecule has 0 saturated carbocycles. The van der Waals surface area contributed by atoms with Gasteiger partial charge in [0.05, 0.1) is 30.5 Å². The number of amides is 2. The minimum atomic E-state index is -3.23. The fourth-order valence-corrected chi connectivity index (χ4v) is 2.31. The molecular formula is C14H11F2N3O2. The zero-order valence-electron chi connectivity index (χ0n) is 10.9. The Labute approximate surface area is 118 Å². The fraction of sp³-hybridized carbons (Fsp3) is 0.214. The van der Waals surface area contributed by atoms with Gasteiger partial charge in [-0.3, -0.25) is 14.5 Å². The summed E-state index contributed by atoms with van der Waals surface area (Å²) in [7, 11) is 0. The van der Waals surface area contributed by atoms with Gasteiger partial charge in [-0.2, -0.15) is 0 Å². The Hall–Kier alpha value is -2.57. The molecule has 0 spiro atoms. The van der Waals surface area contributed by atoms with Crippen molar-refractivity contribution in [2.24, 2.45) is 0 Å². The van der Waals surface area contributed by atoms with Crippen molar-refractivity contribution in [2.75, 3.05) is 6.54 Å². The average Bonchev–Trinajstić information content (AvgIpc) is 3.02. The van der Waals surface area contributed by atoms with Crippen LogP contribution in [-0.4, -0.2) is 38.7 Å². The van der Waals surface area contributed by atoms with Crippen LogP contribution in [-0.2, 0) is 6.54 Å². The lowest BCUT2D eigenvalue weighted by Crippen LogP contribution is -2.42. The molecule has 1 aromatic carbocycles. The standard InChI is InChI=1S/C14H11F2N3O2/c15-14(16,7-18-6-5-17-9-18)8-19-12(20)10-3-1-2-4-11(10)13(19)21/h1-6,9H,7-8H2. The zero-order valence-corrected chi connectivity index (χ0v) is 10.9. The quantitative estimate of drug-likeness (QED) is 0.807. The van der Waals surface area contributed by atoms with Crippen molar-refractivity contribution in [3.8, 4) is 0 Å². The Bertz CT molecular complexity index is 663. The van der Waals surface area contributed by atoms with Crippen LogP contribution < -0.4 is 0 Å². The van der Waals surface area contributed by atoms with E-state index in [1.807, 2.05) is 0 Å². The number of hydrogen-bond acceptors (Lipinski definition) is 3. The Balaban J connectivity index is 1.80. The van der Waals surface area contributed by atoms with Crippen LogP contribution in [0, 0.1) is 0 Å². The van der Waals surface area contributed by atoms with Crippen molar-refractivity contribution in [3.63, 3.8) is 0 Å². The molecule has 0 radical (unpaired) electrons. The van der Waals surface area contributed by atoms with Gasteiger partial charge in [-0.25, -0.2) is 13.8 Å². The molecule has 108 valence electrons. The van der Waals surface area contributed by atoms with Gasteiger partial charge in [0.2, 0.25) is 0 Å². The van der Waals surface area contributed by atoms with Crippen LogP contribution in [0.3, 0.4) is 0 Å². The number of fused-ring (bicyclic) bond motifs is 1. The van der Waals surface area contributed by atoms with E-state index in [4.69, 9.17) is 0 Å². The lowest BCUT2D eigenvalue weighted by molar-refractivity contribution is -0.0360. The molecule has 2 aromatic rings. The zero-order chi connectivity index (χ0) is 15.0. The average molecular weight is 291 g/mol. The SMILES string of the molecule is O=C1c2ccccc2C(=O)N1CC(F)(F)Cn1ccnc1. The van der Waals surface area contributed by atoms with Crippen LogP contribution in [0.1, 0.15) is 20.7 Å². The molecule has 0 bridgehead atoms. The molecule has 1 aliphatic heterocycles. The summed E-state index contributed by atoms with van der Waals surface area (Å²) in [6.07, 6.45) is 4.05. The van der Waals surface area contributed by atoms with E-state index < -0.39 is 30.8 Å². The minimum Gasteiger partial charge on any atom is -0.331 e.